The second-order valence-electron chi connectivity index (χ2n) is 6.62. The van der Waals surface area contributed by atoms with Crippen LogP contribution in [0.3, 0.4) is 0 Å². The quantitative estimate of drug-likeness (QED) is 0.880. The summed E-state index contributed by atoms with van der Waals surface area (Å²) in [6.07, 6.45) is 1.22. The van der Waals surface area contributed by atoms with E-state index in [2.05, 4.69) is 68.2 Å². The van der Waals surface area contributed by atoms with E-state index in [1.54, 1.807) is 0 Å². The number of hydrogen-bond donors (Lipinski definition) is 1. The third kappa shape index (κ3) is 3.83. The predicted octanol–water partition coefficient (Wildman–Crippen LogP) is 3.70. The molecular weight excluding hydrogens is 244 g/mol. The van der Waals surface area contributed by atoms with Crippen LogP contribution in [0.4, 0.5) is 0 Å². The summed E-state index contributed by atoms with van der Waals surface area (Å²) in [7, 11) is 0. The highest BCUT2D eigenvalue weighted by atomic mass is 15.2. The molecule has 112 valence electrons. The first kappa shape index (κ1) is 15.5. The molecule has 20 heavy (non-hydrogen) atoms. The van der Waals surface area contributed by atoms with Crippen LogP contribution in [0.1, 0.15) is 45.7 Å². The number of piperazine rings is 1. The lowest BCUT2D eigenvalue weighted by Gasteiger charge is -2.42. The van der Waals surface area contributed by atoms with Gasteiger partial charge in [-0.1, -0.05) is 58.0 Å². The summed E-state index contributed by atoms with van der Waals surface area (Å²) in [6.45, 7) is 12.8. The molecule has 0 amide bonds. The molecule has 0 saturated carbocycles. The zero-order valence-electron chi connectivity index (χ0n) is 13.5. The highest BCUT2D eigenvalue weighted by molar-refractivity contribution is 5.20. The Hall–Kier alpha value is -0.860. The number of rotatable bonds is 5. The summed E-state index contributed by atoms with van der Waals surface area (Å²) < 4.78 is 0. The van der Waals surface area contributed by atoms with Gasteiger partial charge in [0.25, 0.3) is 0 Å². The largest absolute Gasteiger partial charge is 0.311 e. The van der Waals surface area contributed by atoms with E-state index in [4.69, 9.17) is 0 Å². The van der Waals surface area contributed by atoms with E-state index in [-0.39, 0.29) is 0 Å². The Kier molecular flexibility index (Phi) is 5.62. The SMILES string of the molecule is CCC1CN(CC(C)C(C)C)C(c2ccccc2)CN1. The van der Waals surface area contributed by atoms with Crippen LogP contribution in [-0.2, 0) is 0 Å². The smallest absolute Gasteiger partial charge is 0.0473 e. The summed E-state index contributed by atoms with van der Waals surface area (Å²) in [4.78, 5) is 2.70. The Balaban J connectivity index is 2.11. The predicted molar refractivity (Wildman–Crippen MR) is 86.8 cm³/mol. The molecule has 1 aromatic carbocycles. The third-order valence-corrected chi connectivity index (χ3v) is 4.83. The summed E-state index contributed by atoms with van der Waals surface area (Å²) in [6, 6.07) is 12.1. The van der Waals surface area contributed by atoms with Gasteiger partial charge in [-0.05, 0) is 23.8 Å². The molecule has 0 bridgehead atoms. The van der Waals surface area contributed by atoms with Gasteiger partial charge in [-0.3, -0.25) is 4.90 Å². The van der Waals surface area contributed by atoms with E-state index in [1.807, 2.05) is 0 Å². The van der Waals surface area contributed by atoms with E-state index in [0.29, 0.717) is 12.1 Å². The molecule has 1 aliphatic rings. The van der Waals surface area contributed by atoms with Crippen LogP contribution in [0.15, 0.2) is 30.3 Å². The first-order valence-corrected chi connectivity index (χ1v) is 8.14. The lowest BCUT2D eigenvalue weighted by Crippen LogP contribution is -2.53. The standard InChI is InChI=1S/C18H30N2/c1-5-17-13-20(12-15(4)14(2)3)18(11-19-17)16-9-7-6-8-10-16/h6-10,14-15,17-19H,5,11-13H2,1-4H3. The third-order valence-electron chi connectivity index (χ3n) is 4.83. The molecule has 1 aliphatic heterocycles. The van der Waals surface area contributed by atoms with Gasteiger partial charge in [-0.2, -0.15) is 0 Å². The normalized spacial score (nSPS) is 25.9. The van der Waals surface area contributed by atoms with Crippen molar-refractivity contribution in [3.05, 3.63) is 35.9 Å². The maximum atomic E-state index is 3.71. The summed E-state index contributed by atoms with van der Waals surface area (Å²) in [5.41, 5.74) is 1.45. The molecule has 0 aliphatic carbocycles. The molecule has 3 unspecified atom stereocenters. The molecule has 0 aromatic heterocycles. The van der Waals surface area contributed by atoms with Gasteiger partial charge in [0.1, 0.15) is 0 Å². The minimum atomic E-state index is 0.528. The van der Waals surface area contributed by atoms with Crippen LogP contribution in [0.5, 0.6) is 0 Å². The van der Waals surface area contributed by atoms with Crippen molar-refractivity contribution < 1.29 is 0 Å². The minimum Gasteiger partial charge on any atom is -0.311 e. The van der Waals surface area contributed by atoms with E-state index in [9.17, 15) is 0 Å². The van der Waals surface area contributed by atoms with Crippen LogP contribution in [0.25, 0.3) is 0 Å². The molecule has 3 atom stereocenters. The second kappa shape index (κ2) is 7.24. The molecule has 2 heteroatoms. The summed E-state index contributed by atoms with van der Waals surface area (Å²) in [5, 5.41) is 3.71. The van der Waals surface area contributed by atoms with Crippen molar-refractivity contribution >= 4 is 0 Å². The van der Waals surface area contributed by atoms with E-state index >= 15 is 0 Å². The van der Waals surface area contributed by atoms with Crippen LogP contribution in [-0.4, -0.2) is 30.6 Å². The number of nitrogens with zero attached hydrogens (tertiary/aromatic N) is 1. The first-order valence-electron chi connectivity index (χ1n) is 8.14. The molecule has 2 rings (SSSR count). The Bertz CT molecular complexity index is 388. The Morgan fingerprint density at radius 1 is 1.20 bits per heavy atom. The van der Waals surface area contributed by atoms with Crippen molar-refractivity contribution in [2.75, 3.05) is 19.6 Å². The first-order chi connectivity index (χ1) is 9.61. The summed E-state index contributed by atoms with van der Waals surface area (Å²) in [5.74, 6) is 1.50. The average molecular weight is 274 g/mol. The van der Waals surface area contributed by atoms with Crippen LogP contribution >= 0.6 is 0 Å². The lowest BCUT2D eigenvalue weighted by atomic mass is 9.94. The van der Waals surface area contributed by atoms with Crippen LogP contribution in [0, 0.1) is 11.8 Å². The highest BCUT2D eigenvalue weighted by Crippen LogP contribution is 2.26. The Labute approximate surface area is 124 Å². The summed E-state index contributed by atoms with van der Waals surface area (Å²) >= 11 is 0. The van der Waals surface area contributed by atoms with Gasteiger partial charge in [-0.15, -0.1) is 0 Å². The lowest BCUT2D eigenvalue weighted by molar-refractivity contribution is 0.101. The molecule has 1 aromatic rings. The van der Waals surface area contributed by atoms with E-state index in [0.717, 1.165) is 18.4 Å². The Morgan fingerprint density at radius 3 is 2.50 bits per heavy atom. The number of hydrogen-bond acceptors (Lipinski definition) is 2. The van der Waals surface area contributed by atoms with Gasteiger partial charge in [0, 0.05) is 31.7 Å². The van der Waals surface area contributed by atoms with Crippen molar-refractivity contribution in [2.45, 2.75) is 46.2 Å². The average Bonchev–Trinajstić information content (AvgIpc) is 2.48. The molecule has 1 fully saturated rings. The Morgan fingerprint density at radius 2 is 1.90 bits per heavy atom. The molecule has 0 spiro atoms. The zero-order chi connectivity index (χ0) is 14.5. The van der Waals surface area contributed by atoms with Gasteiger partial charge in [0.15, 0.2) is 0 Å². The zero-order valence-corrected chi connectivity index (χ0v) is 13.5. The van der Waals surface area contributed by atoms with Crippen LogP contribution < -0.4 is 5.32 Å². The topological polar surface area (TPSA) is 15.3 Å². The van der Waals surface area contributed by atoms with Gasteiger partial charge in [-0.25, -0.2) is 0 Å². The maximum Gasteiger partial charge on any atom is 0.0473 e. The monoisotopic (exact) mass is 274 g/mol. The van der Waals surface area contributed by atoms with Crippen molar-refractivity contribution in [3.63, 3.8) is 0 Å². The van der Waals surface area contributed by atoms with E-state index < -0.39 is 0 Å². The van der Waals surface area contributed by atoms with Crippen LogP contribution in [0.2, 0.25) is 0 Å². The van der Waals surface area contributed by atoms with Crippen molar-refractivity contribution in [2.24, 2.45) is 11.8 Å². The van der Waals surface area contributed by atoms with Crippen molar-refractivity contribution in [3.8, 4) is 0 Å². The second-order valence-corrected chi connectivity index (χ2v) is 6.62. The van der Waals surface area contributed by atoms with Gasteiger partial charge in [0.2, 0.25) is 0 Å². The number of benzene rings is 1. The minimum absolute atomic E-state index is 0.528. The molecule has 1 N–H and O–H groups in total. The number of nitrogens with one attached hydrogen (secondary N) is 1. The van der Waals surface area contributed by atoms with Gasteiger partial charge < -0.3 is 5.32 Å². The van der Waals surface area contributed by atoms with Gasteiger partial charge >= 0.3 is 0 Å². The fraction of sp³-hybridized carbons (Fsp3) is 0.667. The van der Waals surface area contributed by atoms with Crippen molar-refractivity contribution in [1.29, 1.82) is 0 Å². The molecule has 2 nitrogen and oxygen atoms in total. The van der Waals surface area contributed by atoms with E-state index in [1.165, 1.54) is 25.1 Å². The molecular formula is C18H30N2. The molecule has 0 radical (unpaired) electrons. The van der Waals surface area contributed by atoms with Gasteiger partial charge in [0.05, 0.1) is 0 Å². The molecule has 1 saturated heterocycles. The fourth-order valence-corrected chi connectivity index (χ4v) is 2.94. The molecule has 1 heterocycles. The fourth-order valence-electron chi connectivity index (χ4n) is 2.94. The van der Waals surface area contributed by atoms with Crippen molar-refractivity contribution in [1.82, 2.24) is 10.2 Å². The maximum absolute atomic E-state index is 3.71. The highest BCUT2D eigenvalue weighted by Gasteiger charge is 2.29.